The average Bonchev–Trinajstić information content (AvgIpc) is 2.38. The highest BCUT2D eigenvalue weighted by Crippen LogP contribution is 2.15. The summed E-state index contributed by atoms with van der Waals surface area (Å²) in [6, 6.07) is 11.5. The average molecular weight is 231 g/mol. The zero-order valence-corrected chi connectivity index (χ0v) is 9.80. The lowest BCUT2D eigenvalue weighted by molar-refractivity contribution is -0.118. The molecule has 0 bridgehead atoms. The molecule has 4 nitrogen and oxygen atoms in total. The number of rotatable bonds is 6. The predicted molar refractivity (Wildman–Crippen MR) is 67.3 cm³/mol. The predicted octanol–water partition coefficient (Wildman–Crippen LogP) is 1.67. The lowest BCUT2D eigenvalue weighted by atomic mass is 10.2. The van der Waals surface area contributed by atoms with Crippen molar-refractivity contribution in [2.24, 2.45) is 5.73 Å². The van der Waals surface area contributed by atoms with E-state index in [1.165, 1.54) is 0 Å². The number of carbonyl (C=O) groups is 1. The van der Waals surface area contributed by atoms with Crippen LogP contribution in [-0.2, 0) is 4.79 Å². The van der Waals surface area contributed by atoms with Gasteiger partial charge in [0.2, 0.25) is 5.91 Å². The number of nitrogens with two attached hydrogens (primary N) is 1. The Bertz CT molecular complexity index is 383. The van der Waals surface area contributed by atoms with Crippen LogP contribution in [0.3, 0.4) is 0 Å². The molecule has 17 heavy (non-hydrogen) atoms. The molecule has 1 rings (SSSR count). The fraction of sp³-hybridized carbons (Fsp3) is 0.385. The van der Waals surface area contributed by atoms with E-state index in [1.54, 1.807) is 4.90 Å². The topological polar surface area (TPSA) is 70.1 Å². The highest BCUT2D eigenvalue weighted by Gasteiger charge is 2.14. The molecule has 0 saturated carbocycles. The van der Waals surface area contributed by atoms with Gasteiger partial charge < -0.3 is 10.6 Å². The number of benzene rings is 1. The van der Waals surface area contributed by atoms with E-state index in [-0.39, 0.29) is 5.91 Å². The van der Waals surface area contributed by atoms with Crippen molar-refractivity contribution in [2.45, 2.75) is 19.3 Å². The van der Waals surface area contributed by atoms with Gasteiger partial charge in [-0.2, -0.15) is 5.26 Å². The number of hydrogen-bond acceptors (Lipinski definition) is 3. The number of para-hydroxylation sites is 1. The van der Waals surface area contributed by atoms with E-state index in [2.05, 4.69) is 6.07 Å². The number of nitrogens with zero attached hydrogens (tertiary/aromatic N) is 2. The van der Waals surface area contributed by atoms with Gasteiger partial charge in [-0.3, -0.25) is 4.79 Å². The van der Waals surface area contributed by atoms with Gasteiger partial charge in [-0.15, -0.1) is 0 Å². The van der Waals surface area contributed by atoms with Crippen molar-refractivity contribution in [2.75, 3.05) is 18.0 Å². The molecule has 4 heteroatoms. The smallest absolute Gasteiger partial charge is 0.227 e. The molecule has 1 aromatic carbocycles. The van der Waals surface area contributed by atoms with Crippen LogP contribution in [0.2, 0.25) is 0 Å². The molecule has 1 aromatic rings. The molecule has 0 radical (unpaired) electrons. The lowest BCUT2D eigenvalue weighted by Crippen LogP contribution is -2.31. The van der Waals surface area contributed by atoms with Gasteiger partial charge in [0.1, 0.15) is 0 Å². The van der Waals surface area contributed by atoms with Crippen LogP contribution in [0.25, 0.3) is 0 Å². The molecule has 0 aliphatic rings. The summed E-state index contributed by atoms with van der Waals surface area (Å²) in [5.74, 6) is 0.0249. The summed E-state index contributed by atoms with van der Waals surface area (Å²) in [7, 11) is 0. The van der Waals surface area contributed by atoms with Crippen molar-refractivity contribution >= 4 is 11.6 Å². The van der Waals surface area contributed by atoms with Crippen molar-refractivity contribution in [3.63, 3.8) is 0 Å². The Labute approximate surface area is 102 Å². The second kappa shape index (κ2) is 7.42. The summed E-state index contributed by atoms with van der Waals surface area (Å²) < 4.78 is 0. The van der Waals surface area contributed by atoms with Crippen molar-refractivity contribution < 1.29 is 4.79 Å². The van der Waals surface area contributed by atoms with Gasteiger partial charge in [-0.25, -0.2) is 0 Å². The third-order valence-electron chi connectivity index (χ3n) is 2.41. The van der Waals surface area contributed by atoms with Crippen LogP contribution >= 0.6 is 0 Å². The minimum atomic E-state index is 0.0249. The summed E-state index contributed by atoms with van der Waals surface area (Å²) in [6.45, 7) is 0.941. The highest BCUT2D eigenvalue weighted by atomic mass is 16.2. The molecule has 0 atom stereocenters. The summed E-state index contributed by atoms with van der Waals surface area (Å²) in [5.41, 5.74) is 6.23. The van der Waals surface area contributed by atoms with E-state index in [0.717, 1.165) is 5.69 Å². The maximum atomic E-state index is 12.0. The number of anilines is 1. The van der Waals surface area contributed by atoms with E-state index in [1.807, 2.05) is 30.3 Å². The van der Waals surface area contributed by atoms with Crippen LogP contribution in [0.1, 0.15) is 19.3 Å². The van der Waals surface area contributed by atoms with Crippen LogP contribution in [0.15, 0.2) is 30.3 Å². The molecule has 0 aromatic heterocycles. The van der Waals surface area contributed by atoms with E-state index >= 15 is 0 Å². The summed E-state index contributed by atoms with van der Waals surface area (Å²) >= 11 is 0. The molecule has 0 fully saturated rings. The SMILES string of the molecule is N#CCCN(C(=O)CCCN)c1ccccc1. The fourth-order valence-electron chi connectivity index (χ4n) is 1.56. The molecular weight excluding hydrogens is 214 g/mol. The van der Waals surface area contributed by atoms with E-state index in [0.29, 0.717) is 32.4 Å². The largest absolute Gasteiger partial charge is 0.330 e. The Morgan fingerprint density at radius 1 is 1.35 bits per heavy atom. The molecule has 0 unspecified atom stereocenters. The van der Waals surface area contributed by atoms with E-state index < -0.39 is 0 Å². The number of nitriles is 1. The summed E-state index contributed by atoms with van der Waals surface area (Å²) in [4.78, 5) is 13.6. The third-order valence-corrected chi connectivity index (χ3v) is 2.41. The van der Waals surface area contributed by atoms with Crippen molar-refractivity contribution in [1.29, 1.82) is 5.26 Å². The Morgan fingerprint density at radius 3 is 2.65 bits per heavy atom. The fourth-order valence-corrected chi connectivity index (χ4v) is 1.56. The quantitative estimate of drug-likeness (QED) is 0.809. The first-order chi connectivity index (χ1) is 8.29. The standard InChI is InChI=1S/C13H17N3O/c14-9-4-8-13(17)16(11-5-10-15)12-6-2-1-3-7-12/h1-3,6-7H,4-5,8-9,11,14H2. The zero-order chi connectivity index (χ0) is 12.5. The Balaban J connectivity index is 2.74. The van der Waals surface area contributed by atoms with Gasteiger partial charge in [-0.05, 0) is 25.1 Å². The summed E-state index contributed by atoms with van der Waals surface area (Å²) in [6.07, 6.45) is 1.44. The van der Waals surface area contributed by atoms with Crippen molar-refractivity contribution in [3.05, 3.63) is 30.3 Å². The van der Waals surface area contributed by atoms with Gasteiger partial charge >= 0.3 is 0 Å². The second-order valence-electron chi connectivity index (χ2n) is 3.68. The Morgan fingerprint density at radius 2 is 2.06 bits per heavy atom. The molecule has 90 valence electrons. The third kappa shape index (κ3) is 4.25. The molecular formula is C13H17N3O. The zero-order valence-electron chi connectivity index (χ0n) is 9.80. The number of hydrogen-bond donors (Lipinski definition) is 1. The lowest BCUT2D eigenvalue weighted by Gasteiger charge is -2.21. The molecule has 0 aliphatic carbocycles. The maximum absolute atomic E-state index is 12.0. The van der Waals surface area contributed by atoms with Gasteiger partial charge in [0, 0.05) is 18.7 Å². The maximum Gasteiger partial charge on any atom is 0.227 e. The monoisotopic (exact) mass is 231 g/mol. The molecule has 0 heterocycles. The molecule has 1 amide bonds. The van der Waals surface area contributed by atoms with E-state index in [9.17, 15) is 4.79 Å². The first-order valence-electron chi connectivity index (χ1n) is 5.72. The van der Waals surface area contributed by atoms with Gasteiger partial charge in [0.15, 0.2) is 0 Å². The van der Waals surface area contributed by atoms with Gasteiger partial charge in [-0.1, -0.05) is 18.2 Å². The Hall–Kier alpha value is -1.86. The van der Waals surface area contributed by atoms with Crippen LogP contribution in [0.5, 0.6) is 0 Å². The van der Waals surface area contributed by atoms with Crippen LogP contribution in [0, 0.1) is 11.3 Å². The minimum Gasteiger partial charge on any atom is -0.330 e. The number of amides is 1. The van der Waals surface area contributed by atoms with Gasteiger partial charge in [0.25, 0.3) is 0 Å². The van der Waals surface area contributed by atoms with E-state index in [4.69, 9.17) is 11.0 Å². The first kappa shape index (κ1) is 13.2. The minimum absolute atomic E-state index is 0.0249. The van der Waals surface area contributed by atoms with Crippen molar-refractivity contribution in [3.8, 4) is 6.07 Å². The second-order valence-corrected chi connectivity index (χ2v) is 3.68. The molecule has 0 aliphatic heterocycles. The number of carbonyl (C=O) groups excluding carboxylic acids is 1. The van der Waals surface area contributed by atoms with Crippen LogP contribution in [-0.4, -0.2) is 19.0 Å². The van der Waals surface area contributed by atoms with Gasteiger partial charge in [0.05, 0.1) is 12.5 Å². The van der Waals surface area contributed by atoms with Crippen molar-refractivity contribution in [1.82, 2.24) is 0 Å². The molecule has 0 saturated heterocycles. The van der Waals surface area contributed by atoms with Crippen LogP contribution < -0.4 is 10.6 Å². The Kier molecular flexibility index (Phi) is 5.76. The highest BCUT2D eigenvalue weighted by molar-refractivity contribution is 5.93. The molecule has 2 N–H and O–H groups in total. The first-order valence-corrected chi connectivity index (χ1v) is 5.72. The van der Waals surface area contributed by atoms with Crippen LogP contribution in [0.4, 0.5) is 5.69 Å². The molecule has 0 spiro atoms. The summed E-state index contributed by atoms with van der Waals surface area (Å²) in [5, 5.41) is 8.61. The normalized spacial score (nSPS) is 9.65.